The van der Waals surface area contributed by atoms with Crippen LogP contribution in [-0.2, 0) is 13.0 Å². The van der Waals surface area contributed by atoms with Gasteiger partial charge in [-0.05, 0) is 32.5 Å². The van der Waals surface area contributed by atoms with Crippen LogP contribution < -0.4 is 5.32 Å². The molecular weight excluding hydrogens is 262 g/mol. The van der Waals surface area contributed by atoms with E-state index in [1.54, 1.807) is 12.4 Å². The van der Waals surface area contributed by atoms with Gasteiger partial charge in [-0.3, -0.25) is 4.68 Å². The lowest BCUT2D eigenvalue weighted by Gasteiger charge is -2.16. The van der Waals surface area contributed by atoms with E-state index in [0.29, 0.717) is 0 Å². The Morgan fingerprint density at radius 3 is 2.79 bits per heavy atom. The molecule has 2 heterocycles. The molecule has 0 aromatic carbocycles. The lowest BCUT2D eigenvalue weighted by Crippen LogP contribution is -2.21. The predicted octanol–water partition coefficient (Wildman–Crippen LogP) is 2.16. The summed E-state index contributed by atoms with van der Waals surface area (Å²) in [5, 5.41) is 16.2. The number of hydrogen-bond acceptors (Lipinski definition) is 4. The highest BCUT2D eigenvalue weighted by Gasteiger charge is 2.18. The maximum absolute atomic E-state index is 6.34. The van der Waals surface area contributed by atoms with Crippen molar-refractivity contribution in [2.24, 2.45) is 0 Å². The van der Waals surface area contributed by atoms with Crippen LogP contribution in [0.4, 0.5) is 0 Å². The molecule has 2 aromatic heterocycles. The lowest BCUT2D eigenvalue weighted by molar-refractivity contribution is 0.539. The maximum Gasteiger partial charge on any atom is 0.0847 e. The zero-order chi connectivity index (χ0) is 13.8. The Labute approximate surface area is 118 Å². The third-order valence-electron chi connectivity index (χ3n) is 3.21. The van der Waals surface area contributed by atoms with Crippen LogP contribution in [0.2, 0.25) is 5.02 Å². The number of nitrogens with one attached hydrogen (secondary N) is 1. The first kappa shape index (κ1) is 14.0. The minimum Gasteiger partial charge on any atom is -0.313 e. The smallest absolute Gasteiger partial charge is 0.0847 e. The van der Waals surface area contributed by atoms with E-state index in [9.17, 15) is 0 Å². The summed E-state index contributed by atoms with van der Waals surface area (Å²) < 4.78 is 1.95. The summed E-state index contributed by atoms with van der Waals surface area (Å²) in [6.45, 7) is 4.81. The highest BCUT2D eigenvalue weighted by atomic mass is 35.5. The largest absolute Gasteiger partial charge is 0.313 e. The Balaban J connectivity index is 2.29. The van der Waals surface area contributed by atoms with Crippen LogP contribution in [0.25, 0.3) is 0 Å². The molecule has 0 fully saturated rings. The first-order valence-electron chi connectivity index (χ1n) is 6.33. The Kier molecular flexibility index (Phi) is 4.50. The molecule has 0 bridgehead atoms. The standard InChI is InChI=1S/C13H18ClN5/c1-4-19-12(13(14)9(2)18-19)7-11(15-3)10-5-6-16-17-8-10/h5-6,8,11,15H,4,7H2,1-3H3. The fraction of sp³-hybridized carbons (Fsp3) is 0.462. The van der Waals surface area contributed by atoms with Gasteiger partial charge in [0.15, 0.2) is 0 Å². The van der Waals surface area contributed by atoms with E-state index in [-0.39, 0.29) is 6.04 Å². The second-order valence-electron chi connectivity index (χ2n) is 4.38. The SMILES string of the molecule is CCn1nc(C)c(Cl)c1CC(NC)c1ccnnc1. The van der Waals surface area contributed by atoms with Gasteiger partial charge in [-0.25, -0.2) is 0 Å². The van der Waals surface area contributed by atoms with E-state index < -0.39 is 0 Å². The van der Waals surface area contributed by atoms with Gasteiger partial charge in [0.05, 0.1) is 22.6 Å². The van der Waals surface area contributed by atoms with E-state index in [0.717, 1.165) is 34.9 Å². The molecule has 5 nitrogen and oxygen atoms in total. The molecule has 0 amide bonds. The fourth-order valence-corrected chi connectivity index (χ4v) is 2.36. The summed E-state index contributed by atoms with van der Waals surface area (Å²) >= 11 is 6.34. The molecule has 1 atom stereocenters. The Morgan fingerprint density at radius 2 is 2.21 bits per heavy atom. The molecule has 0 radical (unpaired) electrons. The molecule has 0 saturated heterocycles. The summed E-state index contributed by atoms with van der Waals surface area (Å²) in [6.07, 6.45) is 4.24. The summed E-state index contributed by atoms with van der Waals surface area (Å²) in [4.78, 5) is 0. The molecule has 0 aliphatic rings. The Bertz CT molecular complexity index is 537. The number of likely N-dealkylation sites (N-methyl/N-ethyl adjacent to an activating group) is 1. The molecule has 0 saturated carbocycles. The van der Waals surface area contributed by atoms with Crippen LogP contribution in [0.1, 0.15) is 29.9 Å². The predicted molar refractivity (Wildman–Crippen MR) is 75.2 cm³/mol. The number of rotatable bonds is 5. The van der Waals surface area contributed by atoms with Crippen molar-refractivity contribution in [1.29, 1.82) is 0 Å². The zero-order valence-corrected chi connectivity index (χ0v) is 12.1. The van der Waals surface area contributed by atoms with Crippen molar-refractivity contribution in [1.82, 2.24) is 25.3 Å². The van der Waals surface area contributed by atoms with E-state index in [2.05, 4.69) is 27.5 Å². The van der Waals surface area contributed by atoms with Gasteiger partial charge in [0.25, 0.3) is 0 Å². The normalized spacial score (nSPS) is 12.6. The first-order valence-corrected chi connectivity index (χ1v) is 6.70. The minimum atomic E-state index is 0.148. The van der Waals surface area contributed by atoms with Crippen molar-refractivity contribution in [3.63, 3.8) is 0 Å². The van der Waals surface area contributed by atoms with Gasteiger partial charge in [0.2, 0.25) is 0 Å². The first-order chi connectivity index (χ1) is 9.17. The van der Waals surface area contributed by atoms with Crippen LogP contribution in [-0.4, -0.2) is 27.0 Å². The molecule has 1 N–H and O–H groups in total. The molecular formula is C13H18ClN5. The van der Waals surface area contributed by atoms with Gasteiger partial charge in [-0.2, -0.15) is 15.3 Å². The van der Waals surface area contributed by atoms with Crippen molar-refractivity contribution < 1.29 is 0 Å². The lowest BCUT2D eigenvalue weighted by atomic mass is 10.0. The Hall–Kier alpha value is -1.46. The molecule has 19 heavy (non-hydrogen) atoms. The monoisotopic (exact) mass is 279 g/mol. The Morgan fingerprint density at radius 1 is 1.42 bits per heavy atom. The van der Waals surface area contributed by atoms with Gasteiger partial charge < -0.3 is 5.32 Å². The summed E-state index contributed by atoms with van der Waals surface area (Å²) in [6, 6.07) is 2.11. The van der Waals surface area contributed by atoms with Crippen LogP contribution in [0.5, 0.6) is 0 Å². The van der Waals surface area contributed by atoms with E-state index in [1.807, 2.05) is 24.7 Å². The van der Waals surface area contributed by atoms with Crippen molar-refractivity contribution >= 4 is 11.6 Å². The van der Waals surface area contributed by atoms with Gasteiger partial charge in [0, 0.05) is 25.2 Å². The molecule has 0 spiro atoms. The maximum atomic E-state index is 6.34. The zero-order valence-electron chi connectivity index (χ0n) is 11.4. The number of aromatic nitrogens is 4. The van der Waals surface area contributed by atoms with Crippen molar-refractivity contribution in [3.8, 4) is 0 Å². The molecule has 2 rings (SSSR count). The van der Waals surface area contributed by atoms with Crippen molar-refractivity contribution in [2.75, 3.05) is 7.05 Å². The third kappa shape index (κ3) is 2.93. The van der Waals surface area contributed by atoms with Gasteiger partial charge in [0.1, 0.15) is 0 Å². The molecule has 1 unspecified atom stereocenters. The van der Waals surface area contributed by atoms with Gasteiger partial charge in [-0.1, -0.05) is 11.6 Å². The van der Waals surface area contributed by atoms with E-state index in [1.165, 1.54) is 0 Å². The van der Waals surface area contributed by atoms with Gasteiger partial charge in [-0.15, -0.1) is 0 Å². The van der Waals surface area contributed by atoms with E-state index >= 15 is 0 Å². The average Bonchev–Trinajstić information content (AvgIpc) is 2.72. The highest BCUT2D eigenvalue weighted by Crippen LogP contribution is 2.25. The van der Waals surface area contributed by atoms with Crippen LogP contribution in [0.15, 0.2) is 18.5 Å². The quantitative estimate of drug-likeness (QED) is 0.911. The summed E-state index contributed by atoms with van der Waals surface area (Å²) in [5.41, 5.74) is 3.02. The average molecular weight is 280 g/mol. The second kappa shape index (κ2) is 6.12. The summed E-state index contributed by atoms with van der Waals surface area (Å²) in [5.74, 6) is 0. The molecule has 6 heteroatoms. The molecule has 0 aliphatic carbocycles. The molecule has 2 aromatic rings. The number of aryl methyl sites for hydroxylation is 2. The van der Waals surface area contributed by atoms with Crippen molar-refractivity contribution in [3.05, 3.63) is 40.4 Å². The topological polar surface area (TPSA) is 55.6 Å². The number of hydrogen-bond donors (Lipinski definition) is 1. The molecule has 102 valence electrons. The van der Waals surface area contributed by atoms with Crippen LogP contribution in [0, 0.1) is 6.92 Å². The fourth-order valence-electron chi connectivity index (χ4n) is 2.15. The van der Waals surface area contributed by atoms with Crippen molar-refractivity contribution in [2.45, 2.75) is 32.9 Å². The van der Waals surface area contributed by atoms with Crippen LogP contribution >= 0.6 is 11.6 Å². The van der Waals surface area contributed by atoms with Crippen LogP contribution in [0.3, 0.4) is 0 Å². The third-order valence-corrected chi connectivity index (χ3v) is 3.70. The summed E-state index contributed by atoms with van der Waals surface area (Å²) in [7, 11) is 1.93. The van der Waals surface area contributed by atoms with E-state index in [4.69, 9.17) is 11.6 Å². The minimum absolute atomic E-state index is 0.148. The second-order valence-corrected chi connectivity index (χ2v) is 4.76. The highest BCUT2D eigenvalue weighted by molar-refractivity contribution is 6.31. The van der Waals surface area contributed by atoms with Gasteiger partial charge >= 0.3 is 0 Å². The molecule has 0 aliphatic heterocycles. The number of halogens is 1. The number of nitrogens with zero attached hydrogens (tertiary/aromatic N) is 4.